The largest absolute Gasteiger partial charge is 0.490 e. The Morgan fingerprint density at radius 1 is 1.00 bits per heavy atom. The molecule has 0 bridgehead atoms. The molecule has 0 saturated heterocycles. The lowest BCUT2D eigenvalue weighted by Crippen LogP contribution is -2.40. The van der Waals surface area contributed by atoms with Gasteiger partial charge in [0.1, 0.15) is 0 Å². The van der Waals surface area contributed by atoms with E-state index in [0.717, 1.165) is 0 Å². The molecular weight excluding hydrogens is 401 g/mol. The van der Waals surface area contributed by atoms with E-state index in [1.807, 2.05) is 6.92 Å². The molecule has 0 spiro atoms. The van der Waals surface area contributed by atoms with Crippen LogP contribution >= 0.6 is 0 Å². The number of anilines is 1. The summed E-state index contributed by atoms with van der Waals surface area (Å²) in [6.45, 7) is 3.15. The fourth-order valence-corrected chi connectivity index (χ4v) is 2.66. The van der Waals surface area contributed by atoms with Crippen molar-refractivity contribution in [3.8, 4) is 11.5 Å². The number of ether oxygens (including phenoxy) is 2. The van der Waals surface area contributed by atoms with Crippen LogP contribution in [0.5, 0.6) is 11.5 Å². The number of carbonyl (C=O) groups is 2. The number of carbonyl (C=O) groups excluding carboxylic acids is 2. The van der Waals surface area contributed by atoms with Gasteiger partial charge in [-0.2, -0.15) is 13.2 Å². The molecule has 2 aromatic rings. The number of hydrogen-bond acceptors (Lipinski definition) is 4. The highest BCUT2D eigenvalue weighted by Gasteiger charge is 2.41. The van der Waals surface area contributed by atoms with Crippen LogP contribution in [0, 0.1) is 0 Å². The van der Waals surface area contributed by atoms with E-state index in [-0.39, 0.29) is 19.7 Å². The number of rotatable bonds is 9. The minimum absolute atomic E-state index is 0.0952. The van der Waals surface area contributed by atoms with E-state index in [4.69, 9.17) is 9.47 Å². The van der Waals surface area contributed by atoms with Crippen molar-refractivity contribution in [1.29, 1.82) is 0 Å². The van der Waals surface area contributed by atoms with Crippen molar-refractivity contribution in [3.63, 3.8) is 0 Å². The molecule has 0 fully saturated rings. The van der Waals surface area contributed by atoms with Crippen molar-refractivity contribution < 1.29 is 32.2 Å². The van der Waals surface area contributed by atoms with Gasteiger partial charge in [-0.25, -0.2) is 0 Å². The molecule has 0 aromatic heterocycles. The summed E-state index contributed by atoms with van der Waals surface area (Å²) >= 11 is 0. The standard InChI is InChI=1S/C21H23F3N2O4/c1-3-26(20(28)21(22,23)24)13-15-8-7-9-16(12-15)25-19(27)14-30-18-11-6-5-10-17(18)29-4-2/h5-12H,3-4,13-14H2,1-2H3,(H,25,27). The van der Waals surface area contributed by atoms with Gasteiger partial charge in [0.2, 0.25) is 0 Å². The van der Waals surface area contributed by atoms with E-state index in [1.54, 1.807) is 42.5 Å². The monoisotopic (exact) mass is 424 g/mol. The molecular formula is C21H23F3N2O4. The van der Waals surface area contributed by atoms with Gasteiger partial charge >= 0.3 is 12.1 Å². The van der Waals surface area contributed by atoms with Gasteiger partial charge in [-0.3, -0.25) is 9.59 Å². The van der Waals surface area contributed by atoms with E-state index in [0.29, 0.717) is 34.3 Å². The summed E-state index contributed by atoms with van der Waals surface area (Å²) in [4.78, 5) is 24.3. The molecule has 2 aromatic carbocycles. The molecule has 6 nitrogen and oxygen atoms in total. The smallest absolute Gasteiger partial charge is 0.471 e. The van der Waals surface area contributed by atoms with Crippen LogP contribution in [-0.2, 0) is 16.1 Å². The molecule has 0 aliphatic rings. The number of alkyl halides is 3. The fourth-order valence-electron chi connectivity index (χ4n) is 2.66. The van der Waals surface area contributed by atoms with Crippen LogP contribution in [0.1, 0.15) is 19.4 Å². The quantitative estimate of drug-likeness (QED) is 0.661. The van der Waals surface area contributed by atoms with Crippen LogP contribution in [0.15, 0.2) is 48.5 Å². The van der Waals surface area contributed by atoms with Crippen molar-refractivity contribution >= 4 is 17.5 Å². The molecule has 2 amide bonds. The molecule has 2 rings (SSSR count). The van der Waals surface area contributed by atoms with E-state index < -0.39 is 18.0 Å². The Bertz CT molecular complexity index is 871. The molecule has 0 aliphatic carbocycles. The zero-order valence-electron chi connectivity index (χ0n) is 16.7. The maximum atomic E-state index is 12.7. The van der Waals surface area contributed by atoms with E-state index in [2.05, 4.69) is 5.32 Å². The maximum Gasteiger partial charge on any atom is 0.471 e. The Balaban J connectivity index is 1.98. The first-order valence-corrected chi connectivity index (χ1v) is 9.34. The van der Waals surface area contributed by atoms with Crippen molar-refractivity contribution in [3.05, 3.63) is 54.1 Å². The molecule has 0 radical (unpaired) electrons. The molecule has 0 unspecified atom stereocenters. The van der Waals surface area contributed by atoms with Crippen LogP contribution in [0.3, 0.4) is 0 Å². The van der Waals surface area contributed by atoms with E-state index in [1.165, 1.54) is 13.0 Å². The zero-order chi connectivity index (χ0) is 22.1. The van der Waals surface area contributed by atoms with E-state index >= 15 is 0 Å². The molecule has 0 heterocycles. The summed E-state index contributed by atoms with van der Waals surface area (Å²) in [5.74, 6) is -1.41. The van der Waals surface area contributed by atoms with Gasteiger partial charge in [0.05, 0.1) is 6.61 Å². The predicted octanol–water partition coefficient (Wildman–Crippen LogP) is 4.01. The minimum Gasteiger partial charge on any atom is -0.490 e. The molecule has 0 atom stereocenters. The van der Waals surface area contributed by atoms with Gasteiger partial charge in [0.15, 0.2) is 18.1 Å². The predicted molar refractivity (Wildman–Crippen MR) is 105 cm³/mol. The highest BCUT2D eigenvalue weighted by atomic mass is 19.4. The molecule has 0 saturated carbocycles. The van der Waals surface area contributed by atoms with Crippen molar-refractivity contribution in [2.45, 2.75) is 26.6 Å². The number of hydrogen-bond donors (Lipinski definition) is 1. The first-order chi connectivity index (χ1) is 14.2. The van der Waals surface area contributed by atoms with E-state index in [9.17, 15) is 22.8 Å². The first kappa shape index (κ1) is 23.1. The van der Waals surface area contributed by atoms with Gasteiger partial charge in [0.25, 0.3) is 5.91 Å². The molecule has 30 heavy (non-hydrogen) atoms. The summed E-state index contributed by atoms with van der Waals surface area (Å²) in [5, 5.41) is 2.62. The third-order valence-corrected chi connectivity index (χ3v) is 4.00. The summed E-state index contributed by atoms with van der Waals surface area (Å²) in [5.41, 5.74) is 0.838. The van der Waals surface area contributed by atoms with Crippen molar-refractivity contribution in [2.24, 2.45) is 0 Å². The van der Waals surface area contributed by atoms with Gasteiger partial charge in [-0.1, -0.05) is 24.3 Å². The van der Waals surface area contributed by atoms with Crippen molar-refractivity contribution in [2.75, 3.05) is 25.1 Å². The summed E-state index contributed by atoms with van der Waals surface area (Å²) in [7, 11) is 0. The van der Waals surface area contributed by atoms with Gasteiger partial charge in [-0.15, -0.1) is 0 Å². The SMILES string of the molecule is CCOc1ccccc1OCC(=O)Nc1cccc(CN(CC)C(=O)C(F)(F)F)c1. The second kappa shape index (κ2) is 10.5. The van der Waals surface area contributed by atoms with Crippen LogP contribution < -0.4 is 14.8 Å². The first-order valence-electron chi connectivity index (χ1n) is 9.34. The van der Waals surface area contributed by atoms with Crippen LogP contribution in [-0.4, -0.2) is 42.6 Å². The number of benzene rings is 2. The lowest BCUT2D eigenvalue weighted by atomic mass is 10.2. The fraction of sp³-hybridized carbons (Fsp3) is 0.333. The number of amides is 2. The number of halogens is 3. The third-order valence-electron chi connectivity index (χ3n) is 4.00. The maximum absolute atomic E-state index is 12.7. The highest BCUT2D eigenvalue weighted by Crippen LogP contribution is 2.26. The number of nitrogens with one attached hydrogen (secondary N) is 1. The van der Waals surface area contributed by atoms with Gasteiger partial charge in [-0.05, 0) is 43.7 Å². The lowest BCUT2D eigenvalue weighted by Gasteiger charge is -2.22. The normalized spacial score (nSPS) is 11.0. The lowest BCUT2D eigenvalue weighted by molar-refractivity contribution is -0.185. The van der Waals surface area contributed by atoms with Crippen LogP contribution in [0.2, 0.25) is 0 Å². The minimum atomic E-state index is -4.93. The highest BCUT2D eigenvalue weighted by molar-refractivity contribution is 5.92. The summed E-state index contributed by atoms with van der Waals surface area (Å²) < 4.78 is 48.9. The third kappa shape index (κ3) is 6.68. The average Bonchev–Trinajstić information content (AvgIpc) is 2.70. The molecule has 162 valence electrons. The van der Waals surface area contributed by atoms with Gasteiger partial charge in [0, 0.05) is 18.8 Å². The zero-order valence-corrected chi connectivity index (χ0v) is 16.7. The Kier molecular flexibility index (Phi) is 8.08. The van der Waals surface area contributed by atoms with Gasteiger partial charge < -0.3 is 19.7 Å². The molecule has 1 N–H and O–H groups in total. The summed E-state index contributed by atoms with van der Waals surface area (Å²) in [6.07, 6.45) is -4.93. The second-order valence-electron chi connectivity index (χ2n) is 6.23. The number of para-hydroxylation sites is 2. The molecule has 0 aliphatic heterocycles. The number of nitrogens with zero attached hydrogens (tertiary/aromatic N) is 1. The Hall–Kier alpha value is -3.23. The van der Waals surface area contributed by atoms with Crippen molar-refractivity contribution in [1.82, 2.24) is 4.90 Å². The molecule has 9 heteroatoms. The second-order valence-corrected chi connectivity index (χ2v) is 6.23. The Labute approximate surface area is 172 Å². The topological polar surface area (TPSA) is 67.9 Å². The van der Waals surface area contributed by atoms with Crippen LogP contribution in [0.25, 0.3) is 0 Å². The Morgan fingerprint density at radius 3 is 2.27 bits per heavy atom. The Morgan fingerprint density at radius 2 is 1.67 bits per heavy atom. The summed E-state index contributed by atoms with van der Waals surface area (Å²) in [6, 6.07) is 13.2. The average molecular weight is 424 g/mol. The van der Waals surface area contributed by atoms with Crippen LogP contribution in [0.4, 0.5) is 18.9 Å².